The summed E-state index contributed by atoms with van der Waals surface area (Å²) in [6.07, 6.45) is 2.09. The molecule has 0 aliphatic carbocycles. The SMILES string of the molecule is Clc1cccc(CSc2c(Cl)ccc3c2CCNCC3)n1. The Morgan fingerprint density at radius 2 is 1.95 bits per heavy atom. The summed E-state index contributed by atoms with van der Waals surface area (Å²) in [7, 11) is 0. The number of nitrogens with one attached hydrogen (secondary N) is 1. The summed E-state index contributed by atoms with van der Waals surface area (Å²) in [6, 6.07) is 9.90. The van der Waals surface area contributed by atoms with E-state index in [1.165, 1.54) is 16.0 Å². The summed E-state index contributed by atoms with van der Waals surface area (Å²) in [6.45, 7) is 2.05. The van der Waals surface area contributed by atoms with Crippen molar-refractivity contribution in [2.45, 2.75) is 23.5 Å². The van der Waals surface area contributed by atoms with Crippen molar-refractivity contribution in [1.29, 1.82) is 0 Å². The normalized spacial score (nSPS) is 14.6. The van der Waals surface area contributed by atoms with Crippen molar-refractivity contribution in [3.63, 3.8) is 0 Å². The molecule has 0 saturated heterocycles. The third-order valence-electron chi connectivity index (χ3n) is 3.57. The van der Waals surface area contributed by atoms with E-state index in [1.54, 1.807) is 17.8 Å². The van der Waals surface area contributed by atoms with Gasteiger partial charge in [-0.3, -0.25) is 0 Å². The lowest BCUT2D eigenvalue weighted by molar-refractivity contribution is 0.709. The van der Waals surface area contributed by atoms with Crippen LogP contribution in [-0.2, 0) is 18.6 Å². The molecule has 1 aromatic carbocycles. The van der Waals surface area contributed by atoms with Crippen LogP contribution in [0.5, 0.6) is 0 Å². The zero-order valence-electron chi connectivity index (χ0n) is 11.5. The molecule has 2 heterocycles. The topological polar surface area (TPSA) is 24.9 Å². The molecule has 21 heavy (non-hydrogen) atoms. The smallest absolute Gasteiger partial charge is 0.129 e. The van der Waals surface area contributed by atoms with Crippen molar-refractivity contribution in [2.75, 3.05) is 13.1 Å². The predicted octanol–water partition coefficient (Wildman–Crippen LogP) is 4.37. The zero-order valence-corrected chi connectivity index (χ0v) is 13.9. The second-order valence-corrected chi connectivity index (χ2v) is 6.78. The summed E-state index contributed by atoms with van der Waals surface area (Å²) in [5.74, 6) is 0.782. The molecule has 0 unspecified atom stereocenters. The number of nitrogens with zero attached hydrogens (tertiary/aromatic N) is 1. The van der Waals surface area contributed by atoms with E-state index in [-0.39, 0.29) is 0 Å². The summed E-state index contributed by atoms with van der Waals surface area (Å²) in [5, 5.41) is 4.81. The van der Waals surface area contributed by atoms with Gasteiger partial charge in [0.15, 0.2) is 0 Å². The molecule has 5 heteroatoms. The molecular weight excluding hydrogens is 323 g/mol. The number of benzene rings is 1. The van der Waals surface area contributed by atoms with E-state index >= 15 is 0 Å². The van der Waals surface area contributed by atoms with Crippen molar-refractivity contribution in [3.05, 3.63) is 57.3 Å². The van der Waals surface area contributed by atoms with Crippen LogP contribution in [-0.4, -0.2) is 18.1 Å². The number of aromatic nitrogens is 1. The number of hydrogen-bond acceptors (Lipinski definition) is 3. The maximum absolute atomic E-state index is 6.42. The lowest BCUT2D eigenvalue weighted by Crippen LogP contribution is -2.16. The minimum atomic E-state index is 0.537. The van der Waals surface area contributed by atoms with E-state index in [4.69, 9.17) is 23.2 Å². The van der Waals surface area contributed by atoms with Gasteiger partial charge in [-0.15, -0.1) is 11.8 Å². The van der Waals surface area contributed by atoms with Gasteiger partial charge in [0, 0.05) is 10.6 Å². The van der Waals surface area contributed by atoms with Gasteiger partial charge in [0.1, 0.15) is 5.15 Å². The number of rotatable bonds is 3. The molecule has 0 amide bonds. The quantitative estimate of drug-likeness (QED) is 0.664. The largest absolute Gasteiger partial charge is 0.316 e. The molecular formula is C16H16Cl2N2S. The van der Waals surface area contributed by atoms with Crippen LogP contribution >= 0.6 is 35.0 Å². The maximum Gasteiger partial charge on any atom is 0.129 e. The summed E-state index contributed by atoms with van der Waals surface area (Å²) < 4.78 is 0. The van der Waals surface area contributed by atoms with E-state index in [0.29, 0.717) is 5.15 Å². The molecule has 2 aromatic rings. The van der Waals surface area contributed by atoms with Crippen molar-refractivity contribution in [2.24, 2.45) is 0 Å². The van der Waals surface area contributed by atoms with Gasteiger partial charge in [-0.05, 0) is 55.3 Å². The molecule has 110 valence electrons. The van der Waals surface area contributed by atoms with Gasteiger partial charge in [0.2, 0.25) is 0 Å². The van der Waals surface area contributed by atoms with Crippen LogP contribution < -0.4 is 5.32 Å². The fraction of sp³-hybridized carbons (Fsp3) is 0.312. The number of thioether (sulfide) groups is 1. The van der Waals surface area contributed by atoms with Crippen LogP contribution in [0, 0.1) is 0 Å². The highest BCUT2D eigenvalue weighted by Gasteiger charge is 2.15. The first kappa shape index (κ1) is 15.2. The minimum absolute atomic E-state index is 0.537. The number of pyridine rings is 1. The van der Waals surface area contributed by atoms with Gasteiger partial charge < -0.3 is 5.32 Å². The lowest BCUT2D eigenvalue weighted by atomic mass is 10.0. The van der Waals surface area contributed by atoms with Crippen LogP contribution in [0.25, 0.3) is 0 Å². The van der Waals surface area contributed by atoms with Crippen molar-refractivity contribution in [1.82, 2.24) is 10.3 Å². The fourth-order valence-corrected chi connectivity index (χ4v) is 4.13. The van der Waals surface area contributed by atoms with Crippen LogP contribution in [0.15, 0.2) is 35.2 Å². The molecule has 0 atom stereocenters. The Hall–Kier alpha value is -0.740. The van der Waals surface area contributed by atoms with Crippen LogP contribution in [0.1, 0.15) is 16.8 Å². The second kappa shape index (κ2) is 7.01. The molecule has 1 N–H and O–H groups in total. The Morgan fingerprint density at radius 1 is 1.10 bits per heavy atom. The average Bonchev–Trinajstić information content (AvgIpc) is 2.72. The Bertz CT molecular complexity index is 646. The van der Waals surface area contributed by atoms with E-state index in [1.807, 2.05) is 18.2 Å². The number of halogens is 2. The van der Waals surface area contributed by atoms with Gasteiger partial charge in [-0.25, -0.2) is 4.98 Å². The predicted molar refractivity (Wildman–Crippen MR) is 90.5 cm³/mol. The van der Waals surface area contributed by atoms with Crippen LogP contribution in [0.3, 0.4) is 0 Å². The Morgan fingerprint density at radius 3 is 2.81 bits per heavy atom. The fourth-order valence-electron chi connectivity index (χ4n) is 2.54. The average molecular weight is 339 g/mol. The summed E-state index contributed by atoms with van der Waals surface area (Å²) in [4.78, 5) is 5.53. The van der Waals surface area contributed by atoms with Gasteiger partial charge in [-0.1, -0.05) is 35.3 Å². The number of hydrogen-bond donors (Lipinski definition) is 1. The van der Waals surface area contributed by atoms with Crippen LogP contribution in [0.2, 0.25) is 10.2 Å². The monoisotopic (exact) mass is 338 g/mol. The van der Waals surface area contributed by atoms with Gasteiger partial charge in [-0.2, -0.15) is 0 Å². The molecule has 3 rings (SSSR count). The van der Waals surface area contributed by atoms with Crippen molar-refractivity contribution < 1.29 is 0 Å². The van der Waals surface area contributed by atoms with Gasteiger partial charge >= 0.3 is 0 Å². The highest BCUT2D eigenvalue weighted by Crippen LogP contribution is 2.35. The summed E-state index contributed by atoms with van der Waals surface area (Å²) in [5.41, 5.74) is 3.78. The maximum atomic E-state index is 6.42. The third kappa shape index (κ3) is 3.72. The number of fused-ring (bicyclic) bond motifs is 1. The first-order chi connectivity index (χ1) is 10.2. The Kier molecular flexibility index (Phi) is 5.07. The van der Waals surface area contributed by atoms with E-state index in [9.17, 15) is 0 Å². The highest BCUT2D eigenvalue weighted by atomic mass is 35.5. The van der Waals surface area contributed by atoms with Gasteiger partial charge in [0.05, 0.1) is 10.7 Å². The molecule has 0 bridgehead atoms. The molecule has 0 spiro atoms. The third-order valence-corrected chi connectivity index (χ3v) is 5.40. The lowest BCUT2D eigenvalue weighted by Gasteiger charge is -2.13. The van der Waals surface area contributed by atoms with E-state index < -0.39 is 0 Å². The molecule has 1 aliphatic heterocycles. The van der Waals surface area contributed by atoms with Gasteiger partial charge in [0.25, 0.3) is 0 Å². The first-order valence-electron chi connectivity index (χ1n) is 6.99. The highest BCUT2D eigenvalue weighted by molar-refractivity contribution is 7.98. The van der Waals surface area contributed by atoms with Crippen LogP contribution in [0.4, 0.5) is 0 Å². The second-order valence-electron chi connectivity index (χ2n) is 5.00. The van der Waals surface area contributed by atoms with Crippen molar-refractivity contribution in [3.8, 4) is 0 Å². The minimum Gasteiger partial charge on any atom is -0.316 e. The molecule has 1 aliphatic rings. The molecule has 0 radical (unpaired) electrons. The Balaban J connectivity index is 1.84. The zero-order chi connectivity index (χ0) is 14.7. The molecule has 0 fully saturated rings. The van der Waals surface area contributed by atoms with Crippen molar-refractivity contribution >= 4 is 35.0 Å². The van der Waals surface area contributed by atoms with E-state index in [2.05, 4.69) is 16.4 Å². The standard InChI is InChI=1S/C16H16Cl2N2S/c17-14-5-4-11-6-8-19-9-7-13(11)16(14)21-10-12-2-1-3-15(18)20-12/h1-5,19H,6-10H2. The molecule has 1 aromatic heterocycles. The molecule has 0 saturated carbocycles. The summed E-state index contributed by atoms with van der Waals surface area (Å²) >= 11 is 14.1. The molecule has 2 nitrogen and oxygen atoms in total. The van der Waals surface area contributed by atoms with E-state index in [0.717, 1.165) is 42.4 Å². The first-order valence-corrected chi connectivity index (χ1v) is 8.73. The Labute approximate surface area is 139 Å².